The Balaban J connectivity index is 2.28. The number of fused-ring (bicyclic) bond motifs is 1. The fraction of sp³-hybridized carbons (Fsp3) is 0.167. The lowest BCUT2D eigenvalue weighted by molar-refractivity contribution is -0.106. The zero-order valence-electron chi connectivity index (χ0n) is 13.9. The minimum Gasteiger partial charge on any atom is -0.462 e. The van der Waals surface area contributed by atoms with Gasteiger partial charge in [-0.2, -0.15) is 0 Å². The Morgan fingerprint density at radius 2 is 2.04 bits per heavy atom. The van der Waals surface area contributed by atoms with Crippen LogP contribution in [0, 0.1) is 5.82 Å². The van der Waals surface area contributed by atoms with E-state index in [0.29, 0.717) is 11.8 Å². The number of pyridine rings is 1. The number of rotatable bonds is 6. The van der Waals surface area contributed by atoms with E-state index in [9.17, 15) is 18.8 Å². The zero-order chi connectivity index (χ0) is 18.7. The van der Waals surface area contributed by atoms with Crippen LogP contribution in [0.15, 0.2) is 47.7 Å². The van der Waals surface area contributed by atoms with Crippen molar-refractivity contribution in [3.05, 3.63) is 64.5 Å². The number of esters is 1. The minimum absolute atomic E-state index is 0.00218. The summed E-state index contributed by atoms with van der Waals surface area (Å²) in [6, 6.07) is 6.03. The predicted molar refractivity (Wildman–Crippen MR) is 93.7 cm³/mol. The van der Waals surface area contributed by atoms with Crippen LogP contribution in [0.1, 0.15) is 17.3 Å². The van der Waals surface area contributed by atoms with Gasteiger partial charge in [0.05, 0.1) is 29.7 Å². The summed E-state index contributed by atoms with van der Waals surface area (Å²) >= 11 is 0. The SMILES string of the molecule is CCOC(=O)c1cn(NCC=O)c2cc(-n3cccc3)c(F)cc2c1=O. The van der Waals surface area contributed by atoms with Gasteiger partial charge in [0.15, 0.2) is 0 Å². The third-order valence-corrected chi connectivity index (χ3v) is 3.80. The number of benzene rings is 1. The quantitative estimate of drug-likeness (QED) is 0.538. The van der Waals surface area contributed by atoms with Crippen LogP contribution in [0.5, 0.6) is 0 Å². The van der Waals surface area contributed by atoms with E-state index >= 15 is 0 Å². The number of carbonyl (C=O) groups is 2. The monoisotopic (exact) mass is 357 g/mol. The van der Waals surface area contributed by atoms with Crippen molar-refractivity contribution in [1.82, 2.24) is 9.24 Å². The summed E-state index contributed by atoms with van der Waals surface area (Å²) in [5, 5.41) is 0.00218. The molecule has 3 rings (SSSR count). The highest BCUT2D eigenvalue weighted by Gasteiger charge is 2.19. The Morgan fingerprint density at radius 3 is 2.69 bits per heavy atom. The standard InChI is InChI=1S/C18H16FN3O4/c1-2-26-18(25)13-11-22(20-5-8-23)15-10-16(21-6-3-4-7-21)14(19)9-12(15)17(13)24/h3-4,6-11,20H,2,5H2,1H3. The van der Waals surface area contributed by atoms with Gasteiger partial charge < -0.3 is 19.5 Å². The average molecular weight is 357 g/mol. The summed E-state index contributed by atoms with van der Waals surface area (Å²) in [7, 11) is 0. The van der Waals surface area contributed by atoms with Crippen LogP contribution in [0.2, 0.25) is 0 Å². The number of nitrogens with one attached hydrogen (secondary N) is 1. The third-order valence-electron chi connectivity index (χ3n) is 3.80. The van der Waals surface area contributed by atoms with Gasteiger partial charge in [-0.05, 0) is 31.2 Å². The van der Waals surface area contributed by atoms with Crippen molar-refractivity contribution in [1.29, 1.82) is 0 Å². The molecule has 0 spiro atoms. The molecule has 26 heavy (non-hydrogen) atoms. The van der Waals surface area contributed by atoms with Gasteiger partial charge in [0.2, 0.25) is 5.43 Å². The average Bonchev–Trinajstić information content (AvgIpc) is 3.15. The minimum atomic E-state index is -0.809. The van der Waals surface area contributed by atoms with Crippen molar-refractivity contribution in [3.63, 3.8) is 0 Å². The first kappa shape index (κ1) is 17.4. The molecule has 7 nitrogen and oxygen atoms in total. The first-order chi connectivity index (χ1) is 12.6. The number of hydrogen-bond acceptors (Lipinski definition) is 5. The number of nitrogens with zero attached hydrogens (tertiary/aromatic N) is 2. The van der Waals surface area contributed by atoms with Crippen LogP contribution in [0.25, 0.3) is 16.6 Å². The molecule has 0 bridgehead atoms. The van der Waals surface area contributed by atoms with Crippen LogP contribution in [-0.2, 0) is 9.53 Å². The summed E-state index contributed by atoms with van der Waals surface area (Å²) in [6.45, 7) is 1.65. The first-order valence-corrected chi connectivity index (χ1v) is 7.93. The van der Waals surface area contributed by atoms with Gasteiger partial charge in [-0.25, -0.2) is 9.18 Å². The topological polar surface area (TPSA) is 82.3 Å². The van der Waals surface area contributed by atoms with Crippen LogP contribution in [0.4, 0.5) is 4.39 Å². The Kier molecular flexibility index (Phi) is 4.83. The second kappa shape index (κ2) is 7.22. The molecule has 2 aromatic heterocycles. The fourth-order valence-corrected chi connectivity index (χ4v) is 2.65. The van der Waals surface area contributed by atoms with Crippen LogP contribution in [0.3, 0.4) is 0 Å². The first-order valence-electron chi connectivity index (χ1n) is 7.93. The predicted octanol–water partition coefficient (Wildman–Crippen LogP) is 1.85. The summed E-state index contributed by atoms with van der Waals surface area (Å²) in [6.07, 6.45) is 5.21. The smallest absolute Gasteiger partial charge is 0.343 e. The van der Waals surface area contributed by atoms with Gasteiger partial charge in [-0.1, -0.05) is 0 Å². The molecule has 0 unspecified atom stereocenters. The molecule has 2 heterocycles. The van der Waals surface area contributed by atoms with Gasteiger partial charge in [-0.3, -0.25) is 9.47 Å². The lowest BCUT2D eigenvalue weighted by Gasteiger charge is -2.15. The molecule has 3 aromatic rings. The van der Waals surface area contributed by atoms with E-state index in [4.69, 9.17) is 4.74 Å². The highest BCUT2D eigenvalue weighted by molar-refractivity contribution is 5.94. The van der Waals surface area contributed by atoms with Crippen molar-refractivity contribution in [2.24, 2.45) is 0 Å². The van der Waals surface area contributed by atoms with E-state index in [0.717, 1.165) is 6.07 Å². The molecule has 0 amide bonds. The molecule has 8 heteroatoms. The molecule has 0 aliphatic carbocycles. The molecule has 1 N–H and O–H groups in total. The third kappa shape index (κ3) is 3.08. The zero-order valence-corrected chi connectivity index (χ0v) is 13.9. The molecule has 0 aliphatic heterocycles. The van der Waals surface area contributed by atoms with E-state index < -0.39 is 17.2 Å². The number of aromatic nitrogens is 2. The molecular formula is C18H16FN3O4. The molecule has 0 fully saturated rings. The summed E-state index contributed by atoms with van der Waals surface area (Å²) in [5.74, 6) is -1.43. The highest BCUT2D eigenvalue weighted by atomic mass is 19.1. The van der Waals surface area contributed by atoms with E-state index in [2.05, 4.69) is 5.43 Å². The maximum absolute atomic E-state index is 14.6. The Labute approximate surface area is 147 Å². The van der Waals surface area contributed by atoms with Crippen LogP contribution in [-0.4, -0.2) is 34.7 Å². The number of carbonyl (C=O) groups excluding carboxylic acids is 2. The van der Waals surface area contributed by atoms with E-state index in [1.54, 1.807) is 36.0 Å². The summed E-state index contributed by atoms with van der Waals surface area (Å²) in [4.78, 5) is 35.4. The van der Waals surface area contributed by atoms with Crippen molar-refractivity contribution in [3.8, 4) is 5.69 Å². The molecule has 0 atom stereocenters. The molecule has 1 aromatic carbocycles. The molecule has 0 radical (unpaired) electrons. The van der Waals surface area contributed by atoms with Crippen LogP contribution < -0.4 is 10.9 Å². The normalized spacial score (nSPS) is 10.7. The summed E-state index contributed by atoms with van der Waals surface area (Å²) in [5.41, 5.74) is 2.44. The number of aldehydes is 1. The van der Waals surface area contributed by atoms with Gasteiger partial charge in [-0.15, -0.1) is 0 Å². The Bertz CT molecular complexity index is 1030. The fourth-order valence-electron chi connectivity index (χ4n) is 2.65. The molecule has 0 saturated heterocycles. The van der Waals surface area contributed by atoms with Gasteiger partial charge >= 0.3 is 5.97 Å². The van der Waals surface area contributed by atoms with Crippen molar-refractivity contribution < 1.29 is 18.7 Å². The van der Waals surface area contributed by atoms with Gasteiger partial charge in [0.1, 0.15) is 17.7 Å². The second-order valence-electron chi connectivity index (χ2n) is 5.40. The Hall–Kier alpha value is -3.42. The van der Waals surface area contributed by atoms with Crippen molar-refractivity contribution in [2.75, 3.05) is 18.6 Å². The Morgan fingerprint density at radius 1 is 1.31 bits per heavy atom. The van der Waals surface area contributed by atoms with E-state index in [1.165, 1.54) is 16.9 Å². The molecule has 134 valence electrons. The second-order valence-corrected chi connectivity index (χ2v) is 5.40. The van der Waals surface area contributed by atoms with Gasteiger partial charge in [0, 0.05) is 18.6 Å². The lowest BCUT2D eigenvalue weighted by atomic mass is 10.1. The van der Waals surface area contributed by atoms with Crippen molar-refractivity contribution in [2.45, 2.75) is 6.92 Å². The largest absolute Gasteiger partial charge is 0.462 e. The number of hydrogen-bond donors (Lipinski definition) is 1. The summed E-state index contributed by atoms with van der Waals surface area (Å²) < 4.78 is 22.4. The van der Waals surface area contributed by atoms with E-state index in [1.807, 2.05) is 0 Å². The molecule has 0 saturated carbocycles. The molecule has 0 aliphatic rings. The molecular weight excluding hydrogens is 341 g/mol. The van der Waals surface area contributed by atoms with Crippen molar-refractivity contribution >= 4 is 23.2 Å². The lowest BCUT2D eigenvalue weighted by Crippen LogP contribution is -2.26. The van der Waals surface area contributed by atoms with Crippen LogP contribution >= 0.6 is 0 Å². The number of ether oxygens (including phenoxy) is 1. The number of halogens is 1. The maximum Gasteiger partial charge on any atom is 0.343 e. The maximum atomic E-state index is 14.6. The van der Waals surface area contributed by atoms with Gasteiger partial charge in [0.25, 0.3) is 0 Å². The van der Waals surface area contributed by atoms with E-state index in [-0.39, 0.29) is 29.8 Å². The highest BCUT2D eigenvalue weighted by Crippen LogP contribution is 2.21.